The van der Waals surface area contributed by atoms with Crippen molar-refractivity contribution in [1.82, 2.24) is 13.7 Å². The highest BCUT2D eigenvalue weighted by molar-refractivity contribution is 5.92. The average Bonchev–Trinajstić information content (AvgIpc) is 3.12. The molecule has 4 aromatic rings. The van der Waals surface area contributed by atoms with Gasteiger partial charge >= 0.3 is 5.69 Å². The Bertz CT molecular complexity index is 1520. The number of carbonyl (C=O) groups excluding carboxylic acids is 1. The van der Waals surface area contributed by atoms with Crippen LogP contribution in [0.1, 0.15) is 5.69 Å². The van der Waals surface area contributed by atoms with Crippen molar-refractivity contribution in [2.45, 2.75) is 13.5 Å². The molecule has 4 rings (SSSR count). The summed E-state index contributed by atoms with van der Waals surface area (Å²) in [6.45, 7) is 1.44. The number of methoxy groups -OCH3 is 2. The number of aryl methyl sites for hydroxylation is 2. The second-order valence-corrected chi connectivity index (χ2v) is 7.68. The van der Waals surface area contributed by atoms with Crippen molar-refractivity contribution in [3.8, 4) is 17.2 Å². The largest absolute Gasteiger partial charge is 0.493 e. The second-order valence-electron chi connectivity index (χ2n) is 7.68. The summed E-state index contributed by atoms with van der Waals surface area (Å²) in [7, 11) is 4.69. The van der Waals surface area contributed by atoms with Crippen LogP contribution in [-0.2, 0) is 18.4 Å². The summed E-state index contributed by atoms with van der Waals surface area (Å²) in [6, 6.07) is 11.6. The molecular weight excluding hydrogens is 443 g/mol. The second kappa shape index (κ2) is 8.89. The van der Waals surface area contributed by atoms with E-state index in [9.17, 15) is 18.8 Å². The molecule has 10 heteroatoms. The first kappa shape index (κ1) is 22.8. The van der Waals surface area contributed by atoms with Gasteiger partial charge in [-0.15, -0.1) is 0 Å². The first-order valence-electron chi connectivity index (χ1n) is 10.3. The highest BCUT2D eigenvalue weighted by atomic mass is 19.1. The van der Waals surface area contributed by atoms with Crippen LogP contribution < -0.4 is 26.0 Å². The minimum atomic E-state index is -0.711. The van der Waals surface area contributed by atoms with E-state index in [0.29, 0.717) is 22.7 Å². The van der Waals surface area contributed by atoms with E-state index >= 15 is 0 Å². The van der Waals surface area contributed by atoms with Crippen molar-refractivity contribution in [1.29, 1.82) is 0 Å². The predicted octanol–water partition coefficient (Wildman–Crippen LogP) is 2.59. The van der Waals surface area contributed by atoms with E-state index in [1.807, 2.05) is 0 Å². The van der Waals surface area contributed by atoms with Crippen LogP contribution in [0.15, 0.2) is 58.1 Å². The van der Waals surface area contributed by atoms with Gasteiger partial charge in [0.15, 0.2) is 11.5 Å². The lowest BCUT2D eigenvalue weighted by atomic mass is 10.2. The zero-order valence-corrected chi connectivity index (χ0v) is 19.1. The highest BCUT2D eigenvalue weighted by Crippen LogP contribution is 2.29. The van der Waals surface area contributed by atoms with Crippen molar-refractivity contribution >= 4 is 22.6 Å². The van der Waals surface area contributed by atoms with E-state index in [-0.39, 0.29) is 17.7 Å². The number of benzene rings is 2. The third-order valence-electron chi connectivity index (χ3n) is 5.63. The fourth-order valence-corrected chi connectivity index (χ4v) is 3.82. The van der Waals surface area contributed by atoms with E-state index in [1.54, 1.807) is 42.8 Å². The van der Waals surface area contributed by atoms with Gasteiger partial charge in [-0.05, 0) is 49.4 Å². The number of ether oxygens (including phenoxy) is 2. The number of hydrogen-bond acceptors (Lipinski definition) is 5. The van der Waals surface area contributed by atoms with Gasteiger partial charge in [0.2, 0.25) is 5.91 Å². The van der Waals surface area contributed by atoms with Crippen LogP contribution in [0.25, 0.3) is 16.7 Å². The Morgan fingerprint density at radius 2 is 1.68 bits per heavy atom. The number of halogens is 1. The molecule has 1 N–H and O–H groups in total. The summed E-state index contributed by atoms with van der Waals surface area (Å²) in [5.74, 6) is -0.0448. The molecule has 0 aliphatic rings. The summed E-state index contributed by atoms with van der Waals surface area (Å²) >= 11 is 0. The quantitative estimate of drug-likeness (QED) is 0.471. The Hall–Kier alpha value is -4.34. The molecule has 0 aliphatic heterocycles. The lowest BCUT2D eigenvalue weighted by Crippen LogP contribution is -2.41. The maximum Gasteiger partial charge on any atom is 0.336 e. The zero-order chi connectivity index (χ0) is 24.6. The standard InChI is InChI=1S/C24H23FN4O5/c1-14-11-18-22(27(14)2)23(31)29(17-8-5-15(25)6-9-17)24(32)28(18)13-21(30)26-16-7-10-19(33-3)20(12-16)34-4/h5-12H,13H2,1-4H3,(H,26,30). The van der Waals surface area contributed by atoms with E-state index in [4.69, 9.17) is 9.47 Å². The molecule has 2 heterocycles. The minimum absolute atomic E-state index is 0.200. The summed E-state index contributed by atoms with van der Waals surface area (Å²) < 4.78 is 27.7. The van der Waals surface area contributed by atoms with Crippen LogP contribution in [0, 0.1) is 12.7 Å². The van der Waals surface area contributed by atoms with Crippen molar-refractivity contribution in [3.63, 3.8) is 0 Å². The molecule has 0 fully saturated rings. The van der Waals surface area contributed by atoms with Gasteiger partial charge < -0.3 is 19.4 Å². The van der Waals surface area contributed by atoms with Crippen molar-refractivity contribution in [2.75, 3.05) is 19.5 Å². The molecule has 0 atom stereocenters. The fourth-order valence-electron chi connectivity index (χ4n) is 3.82. The van der Waals surface area contributed by atoms with E-state index in [1.165, 1.54) is 30.9 Å². The SMILES string of the molecule is COc1ccc(NC(=O)Cn2c(=O)n(-c3ccc(F)cc3)c(=O)c3c2cc(C)n3C)cc1OC. The number of rotatable bonds is 6. The first-order valence-corrected chi connectivity index (χ1v) is 10.3. The van der Waals surface area contributed by atoms with Gasteiger partial charge in [-0.25, -0.2) is 13.8 Å². The number of anilines is 1. The van der Waals surface area contributed by atoms with Gasteiger partial charge in [0.05, 0.1) is 25.4 Å². The third-order valence-corrected chi connectivity index (χ3v) is 5.63. The number of amides is 1. The van der Waals surface area contributed by atoms with Crippen LogP contribution in [0.2, 0.25) is 0 Å². The zero-order valence-electron chi connectivity index (χ0n) is 19.1. The Kier molecular flexibility index (Phi) is 5.97. The van der Waals surface area contributed by atoms with Gasteiger partial charge in [0, 0.05) is 24.5 Å². The maximum atomic E-state index is 13.4. The maximum absolute atomic E-state index is 13.4. The summed E-state index contributed by atoms with van der Waals surface area (Å²) in [5, 5.41) is 2.73. The van der Waals surface area contributed by atoms with Crippen LogP contribution in [0.5, 0.6) is 11.5 Å². The molecule has 0 bridgehead atoms. The van der Waals surface area contributed by atoms with Crippen molar-refractivity contribution < 1.29 is 18.7 Å². The van der Waals surface area contributed by atoms with Gasteiger partial charge in [-0.3, -0.25) is 14.2 Å². The monoisotopic (exact) mass is 466 g/mol. The molecule has 0 unspecified atom stereocenters. The van der Waals surface area contributed by atoms with Gasteiger partial charge in [-0.2, -0.15) is 0 Å². The molecule has 176 valence electrons. The average molecular weight is 466 g/mol. The number of nitrogens with zero attached hydrogens (tertiary/aromatic N) is 3. The topological polar surface area (TPSA) is 96.5 Å². The smallest absolute Gasteiger partial charge is 0.336 e. The Morgan fingerprint density at radius 1 is 1.00 bits per heavy atom. The number of fused-ring (bicyclic) bond motifs is 1. The lowest BCUT2D eigenvalue weighted by Gasteiger charge is -2.14. The third kappa shape index (κ3) is 3.94. The van der Waals surface area contributed by atoms with Gasteiger partial charge in [0.1, 0.15) is 17.9 Å². The minimum Gasteiger partial charge on any atom is -0.493 e. The summed E-state index contributed by atoms with van der Waals surface area (Å²) in [4.78, 5) is 39.5. The van der Waals surface area contributed by atoms with E-state index in [0.717, 1.165) is 22.4 Å². The number of nitrogens with one attached hydrogen (secondary N) is 1. The Morgan fingerprint density at radius 3 is 2.32 bits per heavy atom. The molecule has 34 heavy (non-hydrogen) atoms. The molecule has 0 radical (unpaired) electrons. The molecule has 2 aromatic heterocycles. The van der Waals surface area contributed by atoms with E-state index in [2.05, 4.69) is 5.32 Å². The molecule has 0 spiro atoms. The molecule has 1 amide bonds. The normalized spacial score (nSPS) is 11.0. The van der Waals surface area contributed by atoms with Gasteiger partial charge in [0.25, 0.3) is 5.56 Å². The molecule has 9 nitrogen and oxygen atoms in total. The van der Waals surface area contributed by atoms with E-state index < -0.39 is 23.0 Å². The van der Waals surface area contributed by atoms with Crippen LogP contribution in [-0.4, -0.2) is 33.8 Å². The van der Waals surface area contributed by atoms with Crippen molar-refractivity contribution in [2.24, 2.45) is 7.05 Å². The summed E-state index contributed by atoms with van der Waals surface area (Å²) in [5.41, 5.74) is 0.693. The molecule has 0 saturated heterocycles. The molecule has 2 aromatic carbocycles. The van der Waals surface area contributed by atoms with Crippen LogP contribution in [0.4, 0.5) is 10.1 Å². The fraction of sp³-hybridized carbons (Fsp3) is 0.208. The number of hydrogen-bond donors (Lipinski definition) is 1. The Labute approximate surface area is 193 Å². The molecule has 0 aliphatic carbocycles. The molecular formula is C24H23FN4O5. The van der Waals surface area contributed by atoms with Crippen LogP contribution in [0.3, 0.4) is 0 Å². The lowest BCUT2D eigenvalue weighted by molar-refractivity contribution is -0.116. The molecule has 0 saturated carbocycles. The Balaban J connectivity index is 1.80. The first-order chi connectivity index (χ1) is 16.2. The predicted molar refractivity (Wildman–Crippen MR) is 126 cm³/mol. The summed E-state index contributed by atoms with van der Waals surface area (Å²) in [6.07, 6.45) is 0. The van der Waals surface area contributed by atoms with Gasteiger partial charge in [-0.1, -0.05) is 0 Å². The van der Waals surface area contributed by atoms with Crippen LogP contribution >= 0.6 is 0 Å². The number of carbonyl (C=O) groups is 1. The van der Waals surface area contributed by atoms with Crippen molar-refractivity contribution in [3.05, 3.63) is 80.9 Å². The number of aromatic nitrogens is 3. The highest BCUT2D eigenvalue weighted by Gasteiger charge is 2.20.